The molecule has 2 aromatic carbocycles. The van der Waals surface area contributed by atoms with Crippen molar-refractivity contribution >= 4 is 0 Å². The van der Waals surface area contributed by atoms with Crippen molar-refractivity contribution in [2.24, 2.45) is 0 Å². The van der Waals surface area contributed by atoms with Gasteiger partial charge in [0.05, 0.1) is 5.56 Å². The van der Waals surface area contributed by atoms with Gasteiger partial charge in [0, 0.05) is 0 Å². The lowest BCUT2D eigenvalue weighted by atomic mass is 10.2. The first-order valence-corrected chi connectivity index (χ1v) is 5.81. The van der Waals surface area contributed by atoms with E-state index in [9.17, 15) is 13.2 Å². The van der Waals surface area contributed by atoms with Crippen molar-refractivity contribution in [3.05, 3.63) is 65.2 Å². The SMILES string of the molecule is Cc1ccc(COc2cccc(C(F)(F)F)c2)cc1. The molecule has 1 nitrogen and oxygen atoms in total. The molecule has 0 heterocycles. The van der Waals surface area contributed by atoms with Gasteiger partial charge >= 0.3 is 6.18 Å². The third-order valence-corrected chi connectivity index (χ3v) is 2.69. The third-order valence-electron chi connectivity index (χ3n) is 2.69. The first-order chi connectivity index (χ1) is 8.95. The highest BCUT2D eigenvalue weighted by atomic mass is 19.4. The van der Waals surface area contributed by atoms with E-state index in [4.69, 9.17) is 4.74 Å². The molecule has 0 aliphatic carbocycles. The number of hydrogen-bond acceptors (Lipinski definition) is 1. The summed E-state index contributed by atoms with van der Waals surface area (Å²) < 4.78 is 42.9. The Kier molecular flexibility index (Phi) is 3.79. The van der Waals surface area contributed by atoms with E-state index >= 15 is 0 Å². The van der Waals surface area contributed by atoms with Gasteiger partial charge in [-0.1, -0.05) is 35.9 Å². The number of benzene rings is 2. The summed E-state index contributed by atoms with van der Waals surface area (Å²) in [5.74, 6) is 0.218. The fraction of sp³-hybridized carbons (Fsp3) is 0.200. The maximum absolute atomic E-state index is 12.5. The Bertz CT molecular complexity index is 544. The lowest BCUT2D eigenvalue weighted by Crippen LogP contribution is -2.05. The van der Waals surface area contributed by atoms with Crippen molar-refractivity contribution in [2.75, 3.05) is 0 Å². The minimum absolute atomic E-state index is 0.218. The first kappa shape index (κ1) is 13.5. The summed E-state index contributed by atoms with van der Waals surface area (Å²) in [5, 5.41) is 0. The Morgan fingerprint density at radius 3 is 2.32 bits per heavy atom. The zero-order chi connectivity index (χ0) is 13.9. The van der Waals surface area contributed by atoms with Gasteiger partial charge in [-0.3, -0.25) is 0 Å². The topological polar surface area (TPSA) is 9.23 Å². The summed E-state index contributed by atoms with van der Waals surface area (Å²) in [6.45, 7) is 2.22. The van der Waals surface area contributed by atoms with E-state index in [0.29, 0.717) is 0 Å². The predicted octanol–water partition coefficient (Wildman–Crippen LogP) is 4.59. The average Bonchev–Trinajstić information content (AvgIpc) is 2.37. The molecule has 0 aliphatic rings. The number of ether oxygens (including phenoxy) is 1. The average molecular weight is 266 g/mol. The summed E-state index contributed by atoms with van der Waals surface area (Å²) >= 11 is 0. The van der Waals surface area contributed by atoms with Crippen molar-refractivity contribution in [3.63, 3.8) is 0 Å². The van der Waals surface area contributed by atoms with E-state index in [1.54, 1.807) is 0 Å². The van der Waals surface area contributed by atoms with Gasteiger partial charge in [0.15, 0.2) is 0 Å². The second-order valence-electron chi connectivity index (χ2n) is 4.30. The summed E-state index contributed by atoms with van der Waals surface area (Å²) in [6, 6.07) is 12.5. The lowest BCUT2D eigenvalue weighted by molar-refractivity contribution is -0.137. The van der Waals surface area contributed by atoms with Crippen LogP contribution in [0.2, 0.25) is 0 Å². The maximum atomic E-state index is 12.5. The molecule has 2 rings (SSSR count). The van der Waals surface area contributed by atoms with Crippen LogP contribution in [0.15, 0.2) is 48.5 Å². The normalized spacial score (nSPS) is 11.4. The molecule has 0 bridgehead atoms. The molecule has 0 atom stereocenters. The fourth-order valence-electron chi connectivity index (χ4n) is 1.61. The highest BCUT2D eigenvalue weighted by Gasteiger charge is 2.30. The standard InChI is InChI=1S/C15H13F3O/c1-11-5-7-12(8-6-11)10-19-14-4-2-3-13(9-14)15(16,17)18/h2-9H,10H2,1H3. The van der Waals surface area contributed by atoms with Gasteiger partial charge in [-0.05, 0) is 30.7 Å². The smallest absolute Gasteiger partial charge is 0.416 e. The quantitative estimate of drug-likeness (QED) is 0.789. The highest BCUT2D eigenvalue weighted by molar-refractivity contribution is 5.30. The lowest BCUT2D eigenvalue weighted by Gasteiger charge is -2.10. The molecule has 0 saturated heterocycles. The van der Waals surface area contributed by atoms with Gasteiger partial charge < -0.3 is 4.74 Å². The third kappa shape index (κ3) is 3.74. The van der Waals surface area contributed by atoms with Gasteiger partial charge in [0.1, 0.15) is 12.4 Å². The zero-order valence-electron chi connectivity index (χ0n) is 10.4. The van der Waals surface area contributed by atoms with Crippen LogP contribution in [-0.4, -0.2) is 0 Å². The largest absolute Gasteiger partial charge is 0.489 e. The van der Waals surface area contributed by atoms with E-state index < -0.39 is 11.7 Å². The second-order valence-corrected chi connectivity index (χ2v) is 4.30. The van der Waals surface area contributed by atoms with Crippen LogP contribution in [-0.2, 0) is 12.8 Å². The van der Waals surface area contributed by atoms with E-state index in [1.165, 1.54) is 12.1 Å². The Labute approximate surface area is 109 Å². The van der Waals surface area contributed by atoms with Crippen molar-refractivity contribution in [1.82, 2.24) is 0 Å². The van der Waals surface area contributed by atoms with Crippen molar-refractivity contribution in [3.8, 4) is 5.75 Å². The monoisotopic (exact) mass is 266 g/mol. The predicted molar refractivity (Wildman–Crippen MR) is 67.0 cm³/mol. The van der Waals surface area contributed by atoms with Gasteiger partial charge in [0.25, 0.3) is 0 Å². The molecule has 0 fully saturated rings. The summed E-state index contributed by atoms with van der Waals surface area (Å²) in [5.41, 5.74) is 1.35. The first-order valence-electron chi connectivity index (χ1n) is 5.81. The molecular weight excluding hydrogens is 253 g/mol. The van der Waals surface area contributed by atoms with Gasteiger partial charge in [-0.25, -0.2) is 0 Å². The molecule has 100 valence electrons. The van der Waals surface area contributed by atoms with E-state index in [2.05, 4.69) is 0 Å². The van der Waals surface area contributed by atoms with Crippen molar-refractivity contribution in [1.29, 1.82) is 0 Å². The van der Waals surface area contributed by atoms with Crippen LogP contribution >= 0.6 is 0 Å². The maximum Gasteiger partial charge on any atom is 0.416 e. The van der Waals surface area contributed by atoms with Crippen LogP contribution in [0.1, 0.15) is 16.7 Å². The molecule has 2 aromatic rings. The van der Waals surface area contributed by atoms with Crippen molar-refractivity contribution in [2.45, 2.75) is 19.7 Å². The number of halogens is 3. The van der Waals surface area contributed by atoms with Gasteiger partial charge in [0.2, 0.25) is 0 Å². The van der Waals surface area contributed by atoms with Crippen LogP contribution in [0, 0.1) is 6.92 Å². The van der Waals surface area contributed by atoms with Crippen LogP contribution in [0.25, 0.3) is 0 Å². The van der Waals surface area contributed by atoms with Crippen LogP contribution in [0.4, 0.5) is 13.2 Å². The number of hydrogen-bond donors (Lipinski definition) is 0. The molecule has 0 saturated carbocycles. The zero-order valence-corrected chi connectivity index (χ0v) is 10.4. The molecule has 0 spiro atoms. The van der Waals surface area contributed by atoms with E-state index in [-0.39, 0.29) is 12.4 Å². The van der Waals surface area contributed by atoms with Crippen LogP contribution < -0.4 is 4.74 Å². The molecule has 19 heavy (non-hydrogen) atoms. The Balaban J connectivity index is 2.05. The number of rotatable bonds is 3. The van der Waals surface area contributed by atoms with E-state index in [0.717, 1.165) is 23.3 Å². The second kappa shape index (κ2) is 5.34. The minimum Gasteiger partial charge on any atom is -0.489 e. The Hall–Kier alpha value is -1.97. The summed E-state index contributed by atoms with van der Waals surface area (Å²) in [6.07, 6.45) is -4.34. The summed E-state index contributed by atoms with van der Waals surface area (Å²) in [4.78, 5) is 0. The van der Waals surface area contributed by atoms with Gasteiger partial charge in [-0.2, -0.15) is 13.2 Å². The summed E-state index contributed by atoms with van der Waals surface area (Å²) in [7, 11) is 0. The van der Waals surface area contributed by atoms with Crippen molar-refractivity contribution < 1.29 is 17.9 Å². The molecule has 0 unspecified atom stereocenters. The number of alkyl halides is 3. The molecule has 0 aromatic heterocycles. The molecular formula is C15H13F3O. The Morgan fingerprint density at radius 2 is 1.68 bits per heavy atom. The Morgan fingerprint density at radius 1 is 1.00 bits per heavy atom. The molecule has 0 radical (unpaired) electrons. The van der Waals surface area contributed by atoms with Gasteiger partial charge in [-0.15, -0.1) is 0 Å². The molecule has 0 amide bonds. The molecule has 4 heteroatoms. The highest BCUT2D eigenvalue weighted by Crippen LogP contribution is 2.31. The van der Waals surface area contributed by atoms with E-state index in [1.807, 2.05) is 31.2 Å². The molecule has 0 aliphatic heterocycles. The number of aryl methyl sites for hydroxylation is 1. The van der Waals surface area contributed by atoms with Crippen LogP contribution in [0.3, 0.4) is 0 Å². The van der Waals surface area contributed by atoms with Crippen LogP contribution in [0.5, 0.6) is 5.75 Å². The minimum atomic E-state index is -4.34. The fourth-order valence-corrected chi connectivity index (χ4v) is 1.61. The molecule has 0 N–H and O–H groups in total.